The van der Waals surface area contributed by atoms with Crippen LogP contribution in [0.5, 0.6) is 0 Å². The molecule has 2 heterocycles. The zero-order valence-electron chi connectivity index (χ0n) is 18.6. The number of amides is 1. The third-order valence-electron chi connectivity index (χ3n) is 7.45. The van der Waals surface area contributed by atoms with Crippen LogP contribution in [0.2, 0.25) is 0 Å². The number of hydrazine groups is 1. The molecule has 2 aromatic heterocycles. The Hall–Kier alpha value is -2.27. The van der Waals surface area contributed by atoms with Gasteiger partial charge in [-0.15, -0.1) is 11.3 Å². The van der Waals surface area contributed by atoms with Crippen LogP contribution in [0.4, 0.5) is 0 Å². The quantitative estimate of drug-likeness (QED) is 0.283. The number of allylic oxidation sites excluding steroid dienone is 2. The average molecular weight is 563 g/mol. The number of hydrogen-bond acceptors (Lipinski definition) is 6. The van der Waals surface area contributed by atoms with Crippen molar-refractivity contribution in [3.05, 3.63) is 63.6 Å². The number of carbonyl (C=O) groups excluding carboxylic acids is 1. The number of carbonyl (C=O) groups is 1. The fraction of sp³-hybridized carbons (Fsp3) is 0.333. The first-order chi connectivity index (χ1) is 16.0. The van der Waals surface area contributed by atoms with Gasteiger partial charge in [0.25, 0.3) is 16.0 Å². The maximum Gasteiger partial charge on any atom is 0.270 e. The molecule has 5 rings (SSSR count). The molecule has 0 aliphatic heterocycles. The molecule has 2 bridgehead atoms. The van der Waals surface area contributed by atoms with Gasteiger partial charge < -0.3 is 5.43 Å². The van der Waals surface area contributed by atoms with Crippen molar-refractivity contribution in [1.29, 1.82) is 0 Å². The van der Waals surface area contributed by atoms with Gasteiger partial charge in [-0.1, -0.05) is 41.9 Å². The van der Waals surface area contributed by atoms with Crippen molar-refractivity contribution in [2.45, 2.75) is 26.7 Å². The first-order valence-corrected chi connectivity index (χ1v) is 14.2. The van der Waals surface area contributed by atoms with Gasteiger partial charge in [-0.25, -0.2) is 4.98 Å². The highest BCUT2D eigenvalue weighted by Crippen LogP contribution is 2.64. The van der Waals surface area contributed by atoms with E-state index in [1.54, 1.807) is 17.4 Å². The van der Waals surface area contributed by atoms with Crippen LogP contribution in [-0.2, 0) is 10.1 Å². The number of halogens is 1. The van der Waals surface area contributed by atoms with Gasteiger partial charge in [0.15, 0.2) is 0 Å². The summed E-state index contributed by atoms with van der Waals surface area (Å²) >= 11 is 5.02. The number of rotatable bonds is 6. The second-order valence-electron chi connectivity index (χ2n) is 9.53. The van der Waals surface area contributed by atoms with Gasteiger partial charge in [0.2, 0.25) is 0 Å². The first kappa shape index (κ1) is 23.5. The van der Waals surface area contributed by atoms with E-state index in [0.717, 1.165) is 15.8 Å². The van der Waals surface area contributed by atoms with Crippen molar-refractivity contribution < 1.29 is 17.8 Å². The third kappa shape index (κ3) is 3.86. The molecule has 7 nitrogen and oxygen atoms in total. The van der Waals surface area contributed by atoms with Crippen molar-refractivity contribution >= 4 is 54.2 Å². The Labute approximate surface area is 210 Å². The van der Waals surface area contributed by atoms with Crippen LogP contribution in [0.3, 0.4) is 0 Å². The summed E-state index contributed by atoms with van der Waals surface area (Å²) in [7, 11) is -4.22. The molecule has 34 heavy (non-hydrogen) atoms. The molecule has 10 heteroatoms. The van der Waals surface area contributed by atoms with E-state index in [1.807, 2.05) is 55.6 Å². The molecule has 0 radical (unpaired) electrons. The van der Waals surface area contributed by atoms with E-state index in [1.165, 1.54) is 0 Å². The van der Waals surface area contributed by atoms with Crippen molar-refractivity contribution in [3.8, 4) is 10.6 Å². The van der Waals surface area contributed by atoms with E-state index in [-0.39, 0.29) is 23.0 Å². The van der Waals surface area contributed by atoms with Gasteiger partial charge in [-0.05, 0) is 59.9 Å². The van der Waals surface area contributed by atoms with Gasteiger partial charge in [0, 0.05) is 21.0 Å². The Balaban J connectivity index is 1.48. The van der Waals surface area contributed by atoms with E-state index >= 15 is 0 Å². The Morgan fingerprint density at radius 3 is 2.76 bits per heavy atom. The van der Waals surface area contributed by atoms with Crippen LogP contribution >= 0.6 is 27.3 Å². The summed E-state index contributed by atoms with van der Waals surface area (Å²) in [6, 6.07) is 11.3. The number of pyridine rings is 1. The van der Waals surface area contributed by atoms with Gasteiger partial charge in [0.05, 0.1) is 27.4 Å². The number of fused-ring (bicyclic) bond motifs is 3. The van der Waals surface area contributed by atoms with Crippen LogP contribution in [0.1, 0.15) is 37.0 Å². The van der Waals surface area contributed by atoms with Crippen molar-refractivity contribution in [2.24, 2.45) is 16.7 Å². The summed E-state index contributed by atoms with van der Waals surface area (Å²) in [6.07, 6.45) is 3.45. The minimum Gasteiger partial charge on any atom is -0.302 e. The van der Waals surface area contributed by atoms with Gasteiger partial charge in [-0.2, -0.15) is 8.42 Å². The monoisotopic (exact) mass is 561 g/mol. The van der Waals surface area contributed by atoms with Crippen molar-refractivity contribution in [2.75, 3.05) is 5.75 Å². The fourth-order valence-electron chi connectivity index (χ4n) is 5.51. The second kappa shape index (κ2) is 8.15. The summed E-state index contributed by atoms with van der Waals surface area (Å²) in [4.78, 5) is 19.1. The minimum absolute atomic E-state index is 0.164. The summed E-state index contributed by atoms with van der Waals surface area (Å²) in [5.41, 5.74) is 7.15. The van der Waals surface area contributed by atoms with Crippen LogP contribution in [0, 0.1) is 16.7 Å². The Morgan fingerprint density at radius 1 is 1.29 bits per heavy atom. The van der Waals surface area contributed by atoms with Crippen LogP contribution < -0.4 is 10.9 Å². The molecular weight excluding hydrogens is 538 g/mol. The molecule has 178 valence electrons. The lowest BCUT2D eigenvalue weighted by Gasteiger charge is -2.39. The molecule has 3 N–H and O–H groups in total. The fourth-order valence-corrected chi connectivity index (χ4v) is 7.85. The minimum atomic E-state index is -4.22. The molecule has 2 atom stereocenters. The van der Waals surface area contributed by atoms with E-state index in [0.29, 0.717) is 34.3 Å². The normalized spacial score (nSPS) is 23.2. The molecule has 2 aliphatic rings. The van der Waals surface area contributed by atoms with Gasteiger partial charge in [-0.3, -0.25) is 14.8 Å². The van der Waals surface area contributed by atoms with E-state index < -0.39 is 15.5 Å². The summed E-state index contributed by atoms with van der Waals surface area (Å²) in [5.74, 6) is -0.574. The van der Waals surface area contributed by atoms with Gasteiger partial charge in [0.1, 0.15) is 0 Å². The van der Waals surface area contributed by atoms with Gasteiger partial charge >= 0.3 is 0 Å². The van der Waals surface area contributed by atoms with Crippen molar-refractivity contribution in [3.63, 3.8) is 0 Å². The Kier molecular flexibility index (Phi) is 5.63. The largest absolute Gasteiger partial charge is 0.302 e. The maximum absolute atomic E-state index is 13.4. The van der Waals surface area contributed by atoms with E-state index in [9.17, 15) is 17.8 Å². The SMILES string of the molecule is CC1(C)[C@@H]2C=C(NNC(=O)c3cc(-c4cccs4)nc4ccc(Br)cc34)[C@]1(CS(=O)(=O)O)CC2. The third-order valence-corrected chi connectivity index (χ3v) is 9.70. The number of nitrogens with zero attached hydrogens (tertiary/aromatic N) is 1. The molecule has 1 saturated carbocycles. The lowest BCUT2D eigenvalue weighted by molar-refractivity contribution is 0.0928. The predicted molar refractivity (Wildman–Crippen MR) is 137 cm³/mol. The number of nitrogens with one attached hydrogen (secondary N) is 2. The van der Waals surface area contributed by atoms with Crippen LogP contribution in [-0.4, -0.2) is 29.6 Å². The Morgan fingerprint density at radius 2 is 2.09 bits per heavy atom. The highest BCUT2D eigenvalue weighted by molar-refractivity contribution is 9.10. The summed E-state index contributed by atoms with van der Waals surface area (Å²) < 4.78 is 34.3. The molecule has 1 fully saturated rings. The number of thiophene rings is 1. The standard InChI is InChI=1S/C24H24BrN3O4S2/c1-23(2)14-7-8-24(23,13-34(30,31)32)21(10-14)27-28-22(29)17-12-19(20-4-3-9-33-20)26-18-6-5-15(25)11-16(17)18/h3-6,9-12,14,27H,7-8,13H2,1-2H3,(H,28,29)(H,30,31,32)/t14-,24+/m0/s1. The molecule has 0 saturated heterocycles. The first-order valence-electron chi connectivity index (χ1n) is 10.9. The molecule has 1 amide bonds. The van der Waals surface area contributed by atoms with Crippen LogP contribution in [0.15, 0.2) is 58.0 Å². The predicted octanol–water partition coefficient (Wildman–Crippen LogP) is 5.17. The van der Waals surface area contributed by atoms with E-state index in [4.69, 9.17) is 4.98 Å². The number of aromatic nitrogens is 1. The summed E-state index contributed by atoms with van der Waals surface area (Å²) in [6.45, 7) is 4.04. The molecule has 1 aromatic carbocycles. The Bertz CT molecular complexity index is 1430. The molecule has 0 spiro atoms. The smallest absolute Gasteiger partial charge is 0.270 e. The second-order valence-corrected chi connectivity index (χ2v) is 12.8. The maximum atomic E-state index is 13.4. The zero-order chi connectivity index (χ0) is 24.3. The lowest BCUT2D eigenvalue weighted by atomic mass is 9.69. The van der Waals surface area contributed by atoms with Crippen molar-refractivity contribution in [1.82, 2.24) is 15.8 Å². The summed E-state index contributed by atoms with van der Waals surface area (Å²) in [5, 5.41) is 2.66. The molecule has 3 aromatic rings. The highest BCUT2D eigenvalue weighted by Gasteiger charge is 2.61. The molecule has 2 aliphatic carbocycles. The van der Waals surface area contributed by atoms with Crippen LogP contribution in [0.25, 0.3) is 21.5 Å². The topological polar surface area (TPSA) is 108 Å². The number of hydrogen-bond donors (Lipinski definition) is 3. The molecular formula is C24H24BrN3O4S2. The molecule has 0 unspecified atom stereocenters. The number of benzene rings is 1. The average Bonchev–Trinajstić information content (AvgIpc) is 3.42. The zero-order valence-corrected chi connectivity index (χ0v) is 21.9. The lowest BCUT2D eigenvalue weighted by Crippen LogP contribution is -2.47. The van der Waals surface area contributed by atoms with E-state index in [2.05, 4.69) is 26.8 Å². The highest BCUT2D eigenvalue weighted by atomic mass is 79.9.